The molecule has 0 unspecified atom stereocenters. The third-order valence-electron chi connectivity index (χ3n) is 5.30. The number of benzene rings is 2. The van der Waals surface area contributed by atoms with Gasteiger partial charge in [-0.15, -0.1) is 0 Å². The number of hydrogen-bond acceptors (Lipinski definition) is 7. The number of nitrogens with two attached hydrogens (primary N) is 1. The van der Waals surface area contributed by atoms with Gasteiger partial charge >= 0.3 is 0 Å². The second kappa shape index (κ2) is 9.93. The first kappa shape index (κ1) is 20.0. The number of nitrogen functional groups attached to an aromatic ring is 1. The van der Waals surface area contributed by atoms with Gasteiger partial charge in [-0.3, -0.25) is 10.4 Å². The van der Waals surface area contributed by atoms with Crippen LogP contribution in [0.4, 0.5) is 28.7 Å². The van der Waals surface area contributed by atoms with Crippen molar-refractivity contribution in [1.29, 1.82) is 0 Å². The lowest BCUT2D eigenvalue weighted by Gasteiger charge is -2.27. The summed E-state index contributed by atoms with van der Waals surface area (Å²) in [7, 11) is 0. The highest BCUT2D eigenvalue weighted by atomic mass is 15.5. The maximum Gasteiger partial charge on any atom is 0.173 e. The van der Waals surface area contributed by atoms with Crippen molar-refractivity contribution in [2.75, 3.05) is 47.7 Å². The molecule has 0 aliphatic carbocycles. The molecule has 1 aromatic heterocycles. The number of hydrogen-bond donors (Lipinski definition) is 3. The molecule has 7 nitrogen and oxygen atoms in total. The molecule has 1 fully saturated rings. The Morgan fingerprint density at radius 2 is 1.43 bits per heavy atom. The third kappa shape index (κ3) is 4.99. The van der Waals surface area contributed by atoms with Crippen molar-refractivity contribution in [1.82, 2.24) is 14.9 Å². The van der Waals surface area contributed by atoms with E-state index in [-0.39, 0.29) is 0 Å². The molecule has 2 heterocycles. The first-order valence-electron chi connectivity index (χ1n) is 10.5. The van der Waals surface area contributed by atoms with Crippen molar-refractivity contribution in [2.45, 2.75) is 19.3 Å². The van der Waals surface area contributed by atoms with Crippen LogP contribution in [-0.2, 0) is 0 Å². The minimum atomic E-state index is 0.507. The zero-order valence-corrected chi connectivity index (χ0v) is 17.2. The Hall–Kier alpha value is -3.32. The van der Waals surface area contributed by atoms with Crippen LogP contribution < -0.4 is 21.5 Å². The van der Waals surface area contributed by atoms with Gasteiger partial charge in [0.1, 0.15) is 12.0 Å². The molecule has 7 heteroatoms. The van der Waals surface area contributed by atoms with Crippen LogP contribution in [0.25, 0.3) is 0 Å². The van der Waals surface area contributed by atoms with Crippen LogP contribution in [-0.4, -0.2) is 41.0 Å². The molecule has 3 aromatic rings. The minimum absolute atomic E-state index is 0.507. The van der Waals surface area contributed by atoms with Crippen molar-refractivity contribution in [3.63, 3.8) is 0 Å². The predicted octanol–water partition coefficient (Wildman–Crippen LogP) is 4.12. The lowest BCUT2D eigenvalue weighted by atomic mass is 10.1. The van der Waals surface area contributed by atoms with Crippen LogP contribution in [0.15, 0.2) is 67.0 Å². The molecule has 1 saturated heterocycles. The van der Waals surface area contributed by atoms with Gasteiger partial charge in [-0.2, -0.15) is 0 Å². The normalized spacial score (nSPS) is 14.3. The molecule has 0 radical (unpaired) electrons. The summed E-state index contributed by atoms with van der Waals surface area (Å²) in [6.45, 7) is 4.15. The van der Waals surface area contributed by atoms with Crippen LogP contribution in [0.1, 0.15) is 19.3 Å². The molecule has 0 bridgehead atoms. The monoisotopic (exact) mass is 403 g/mol. The summed E-state index contributed by atoms with van der Waals surface area (Å²) in [5.74, 6) is 1.23. The van der Waals surface area contributed by atoms with Gasteiger partial charge in [-0.1, -0.05) is 42.8 Å². The number of piperidine rings is 1. The largest absolute Gasteiger partial charge is 0.393 e. The molecule has 1 aliphatic rings. The zero-order valence-electron chi connectivity index (χ0n) is 17.2. The number of nitrogens with one attached hydrogen (secondary N) is 2. The highest BCUT2D eigenvalue weighted by Crippen LogP contribution is 2.29. The van der Waals surface area contributed by atoms with Gasteiger partial charge in [0.05, 0.1) is 11.4 Å². The Morgan fingerprint density at radius 1 is 0.833 bits per heavy atom. The molecular formula is C23H29N7. The van der Waals surface area contributed by atoms with Gasteiger partial charge in [0.15, 0.2) is 11.6 Å². The second-order valence-corrected chi connectivity index (χ2v) is 7.43. The fourth-order valence-corrected chi connectivity index (χ4v) is 3.68. The molecule has 0 amide bonds. The van der Waals surface area contributed by atoms with Gasteiger partial charge in [-0.25, -0.2) is 9.97 Å². The van der Waals surface area contributed by atoms with Gasteiger partial charge in [-0.05, 0) is 50.2 Å². The number of likely N-dealkylation sites (tertiary alicyclic amines) is 1. The molecule has 0 atom stereocenters. The fourth-order valence-electron chi connectivity index (χ4n) is 3.68. The summed E-state index contributed by atoms with van der Waals surface area (Å²) in [5, 5.41) is 5.35. The standard InChI is InChI=1S/C23H29N7/c24-21-22(25-14-17-29-15-8-3-9-16-29)26-18-27-23(21)28-30(19-10-4-1-5-11-19)20-12-6-2-7-13-20/h1-2,4-7,10-13,18H,3,8-9,14-17,24H2,(H2,25,26,27,28). The van der Waals surface area contributed by atoms with Crippen LogP contribution in [0, 0.1) is 0 Å². The summed E-state index contributed by atoms with van der Waals surface area (Å²) in [4.78, 5) is 11.2. The van der Waals surface area contributed by atoms with Crippen molar-refractivity contribution in [2.24, 2.45) is 0 Å². The molecule has 4 rings (SSSR count). The van der Waals surface area contributed by atoms with Crippen molar-refractivity contribution in [3.05, 3.63) is 67.0 Å². The average molecular weight is 404 g/mol. The molecular weight excluding hydrogens is 374 g/mol. The van der Waals surface area contributed by atoms with Gasteiger partial charge in [0.25, 0.3) is 0 Å². The molecule has 1 aliphatic heterocycles. The Morgan fingerprint density at radius 3 is 2.07 bits per heavy atom. The molecule has 0 spiro atoms. The van der Waals surface area contributed by atoms with E-state index in [0.717, 1.165) is 24.5 Å². The Kier molecular flexibility index (Phi) is 6.61. The van der Waals surface area contributed by atoms with E-state index < -0.39 is 0 Å². The van der Waals surface area contributed by atoms with Crippen molar-refractivity contribution in [3.8, 4) is 0 Å². The summed E-state index contributed by atoms with van der Waals surface area (Å²) >= 11 is 0. The van der Waals surface area contributed by atoms with Crippen LogP contribution in [0.2, 0.25) is 0 Å². The third-order valence-corrected chi connectivity index (χ3v) is 5.30. The number of rotatable bonds is 8. The molecule has 4 N–H and O–H groups in total. The van der Waals surface area contributed by atoms with E-state index in [9.17, 15) is 0 Å². The summed E-state index contributed by atoms with van der Waals surface area (Å²) in [5.41, 5.74) is 12.3. The van der Waals surface area contributed by atoms with E-state index in [2.05, 4.69) is 25.6 Å². The highest BCUT2D eigenvalue weighted by Gasteiger charge is 2.15. The minimum Gasteiger partial charge on any atom is -0.393 e. The van der Waals surface area contributed by atoms with Crippen LogP contribution in [0.5, 0.6) is 0 Å². The number of nitrogens with zero attached hydrogens (tertiary/aromatic N) is 4. The van der Waals surface area contributed by atoms with E-state index in [1.807, 2.05) is 65.7 Å². The zero-order chi connectivity index (χ0) is 20.6. The molecule has 0 saturated carbocycles. The van der Waals surface area contributed by atoms with E-state index >= 15 is 0 Å². The lowest BCUT2D eigenvalue weighted by molar-refractivity contribution is 0.237. The maximum atomic E-state index is 6.42. The smallest absolute Gasteiger partial charge is 0.173 e. The van der Waals surface area contributed by atoms with Crippen LogP contribution in [0.3, 0.4) is 0 Å². The summed E-state index contributed by atoms with van der Waals surface area (Å²) in [6.07, 6.45) is 5.46. The Bertz CT molecular complexity index is 872. The van der Waals surface area contributed by atoms with E-state index in [0.29, 0.717) is 17.3 Å². The maximum absolute atomic E-state index is 6.42. The molecule has 30 heavy (non-hydrogen) atoms. The van der Waals surface area contributed by atoms with Gasteiger partial charge in [0, 0.05) is 13.1 Å². The number of aromatic nitrogens is 2. The quantitative estimate of drug-likeness (QED) is 0.488. The summed E-state index contributed by atoms with van der Waals surface area (Å²) in [6, 6.07) is 20.2. The topological polar surface area (TPSA) is 82.3 Å². The second-order valence-electron chi connectivity index (χ2n) is 7.43. The van der Waals surface area contributed by atoms with Crippen molar-refractivity contribution >= 4 is 28.7 Å². The molecule has 156 valence electrons. The number of anilines is 5. The lowest BCUT2D eigenvalue weighted by Crippen LogP contribution is -2.34. The van der Waals surface area contributed by atoms with E-state index in [1.54, 1.807) is 0 Å². The number of hydrazine groups is 1. The summed E-state index contributed by atoms with van der Waals surface area (Å²) < 4.78 is 0. The Balaban J connectivity index is 1.49. The van der Waals surface area contributed by atoms with Crippen molar-refractivity contribution < 1.29 is 0 Å². The van der Waals surface area contributed by atoms with Crippen LogP contribution >= 0.6 is 0 Å². The van der Waals surface area contributed by atoms with Gasteiger partial charge < -0.3 is 16.0 Å². The highest BCUT2D eigenvalue weighted by molar-refractivity contribution is 5.77. The molecule has 2 aromatic carbocycles. The first-order valence-corrected chi connectivity index (χ1v) is 10.5. The fraction of sp³-hybridized carbons (Fsp3) is 0.304. The Labute approximate surface area is 177 Å². The predicted molar refractivity (Wildman–Crippen MR) is 124 cm³/mol. The SMILES string of the molecule is Nc1c(NCCN2CCCCC2)ncnc1NN(c1ccccc1)c1ccccc1. The average Bonchev–Trinajstić information content (AvgIpc) is 2.81. The van der Waals surface area contributed by atoms with Gasteiger partial charge in [0.2, 0.25) is 0 Å². The van der Waals surface area contributed by atoms with E-state index in [4.69, 9.17) is 5.73 Å². The van der Waals surface area contributed by atoms with E-state index in [1.165, 1.54) is 38.7 Å². The first-order chi connectivity index (χ1) is 14.8. The number of para-hydroxylation sites is 2.